The van der Waals surface area contributed by atoms with E-state index in [1.165, 1.54) is 30.6 Å². The lowest BCUT2D eigenvalue weighted by molar-refractivity contribution is -0.137. The van der Waals surface area contributed by atoms with E-state index in [2.05, 4.69) is 15.0 Å². The molecule has 0 aliphatic rings. The zero-order chi connectivity index (χ0) is 17.3. The average Bonchev–Trinajstić information content (AvgIpc) is 2.98. The summed E-state index contributed by atoms with van der Waals surface area (Å²) in [6, 6.07) is 5.09. The van der Waals surface area contributed by atoms with Crippen molar-refractivity contribution >= 4 is 17.0 Å². The molecule has 0 fully saturated rings. The minimum Gasteiger partial charge on any atom is -0.462 e. The van der Waals surface area contributed by atoms with Gasteiger partial charge in [-0.1, -0.05) is 18.2 Å². The number of nitrogens with zero attached hydrogens (tertiary/aromatic N) is 2. The molecule has 2 aromatic heterocycles. The summed E-state index contributed by atoms with van der Waals surface area (Å²) in [4.78, 5) is 22.8. The number of hydrogen-bond acceptors (Lipinski definition) is 4. The van der Waals surface area contributed by atoms with Crippen LogP contribution in [0.4, 0.5) is 13.2 Å². The molecule has 0 unspecified atom stereocenters. The number of halogens is 3. The lowest BCUT2D eigenvalue weighted by Crippen LogP contribution is -2.07. The van der Waals surface area contributed by atoms with E-state index in [0.717, 1.165) is 6.07 Å². The molecule has 5 nitrogen and oxygen atoms in total. The van der Waals surface area contributed by atoms with Gasteiger partial charge in [0.05, 0.1) is 23.9 Å². The maximum absolute atomic E-state index is 13.2. The quantitative estimate of drug-likeness (QED) is 0.739. The average molecular weight is 335 g/mol. The third-order valence-corrected chi connectivity index (χ3v) is 3.38. The smallest absolute Gasteiger partial charge is 0.417 e. The van der Waals surface area contributed by atoms with Gasteiger partial charge in [-0.15, -0.1) is 0 Å². The molecule has 2 heterocycles. The van der Waals surface area contributed by atoms with Crippen LogP contribution >= 0.6 is 0 Å². The lowest BCUT2D eigenvalue weighted by atomic mass is 10.1. The highest BCUT2D eigenvalue weighted by atomic mass is 19.4. The number of rotatable bonds is 3. The van der Waals surface area contributed by atoms with Crippen LogP contribution in [0, 0.1) is 0 Å². The number of aromatic amines is 1. The van der Waals surface area contributed by atoms with E-state index in [4.69, 9.17) is 4.74 Å². The number of esters is 1. The number of carbonyl (C=O) groups is 1. The van der Waals surface area contributed by atoms with Crippen LogP contribution in [-0.2, 0) is 10.9 Å². The standard InChI is InChI=1S/C16H12F3N3O2/c1-2-24-15(23)10-7-20-8-12-13(10)22-14(21-12)9-5-3-4-6-11(9)16(17,18)19/h3-8H,2H2,1H3,(H,21,22). The van der Waals surface area contributed by atoms with Crippen molar-refractivity contribution in [3.63, 3.8) is 0 Å². The molecule has 0 saturated carbocycles. The summed E-state index contributed by atoms with van der Waals surface area (Å²) in [5.41, 5.74) is -0.241. The number of aromatic nitrogens is 3. The molecule has 0 radical (unpaired) electrons. The highest BCUT2D eigenvalue weighted by Crippen LogP contribution is 2.36. The number of ether oxygens (including phenoxy) is 1. The molecule has 0 saturated heterocycles. The zero-order valence-corrected chi connectivity index (χ0v) is 12.5. The Morgan fingerprint density at radius 3 is 2.71 bits per heavy atom. The molecule has 1 N–H and O–H groups in total. The van der Waals surface area contributed by atoms with E-state index in [-0.39, 0.29) is 29.1 Å². The number of pyridine rings is 1. The molecule has 124 valence electrons. The minimum absolute atomic E-state index is 0.0106. The van der Waals surface area contributed by atoms with Gasteiger partial charge in [-0.05, 0) is 13.0 Å². The van der Waals surface area contributed by atoms with E-state index in [1.54, 1.807) is 6.92 Å². The first-order chi connectivity index (χ1) is 11.4. The van der Waals surface area contributed by atoms with Crippen molar-refractivity contribution in [2.24, 2.45) is 0 Å². The van der Waals surface area contributed by atoms with E-state index < -0.39 is 17.7 Å². The number of fused-ring (bicyclic) bond motifs is 1. The Bertz CT molecular complexity index is 903. The Hall–Kier alpha value is -2.90. The fraction of sp³-hybridized carbons (Fsp3) is 0.188. The van der Waals surface area contributed by atoms with Gasteiger partial charge in [0.2, 0.25) is 0 Å². The molecule has 0 bridgehead atoms. The number of nitrogens with one attached hydrogen (secondary N) is 1. The third-order valence-electron chi connectivity index (χ3n) is 3.38. The second kappa shape index (κ2) is 5.95. The Labute approximate surface area is 134 Å². The summed E-state index contributed by atoms with van der Waals surface area (Å²) >= 11 is 0. The van der Waals surface area contributed by atoms with E-state index in [1.807, 2.05) is 0 Å². The molecule has 24 heavy (non-hydrogen) atoms. The first-order valence-corrected chi connectivity index (χ1v) is 7.09. The summed E-state index contributed by atoms with van der Waals surface area (Å²) in [6.45, 7) is 1.82. The minimum atomic E-state index is -4.52. The van der Waals surface area contributed by atoms with Gasteiger partial charge in [-0.3, -0.25) is 4.98 Å². The Kier molecular flexibility index (Phi) is 3.96. The number of carbonyl (C=O) groups excluding carboxylic acids is 1. The fourth-order valence-electron chi connectivity index (χ4n) is 2.36. The molecular formula is C16H12F3N3O2. The summed E-state index contributed by atoms with van der Waals surface area (Å²) in [5, 5.41) is 0. The number of alkyl halides is 3. The number of imidazole rings is 1. The molecule has 0 aliphatic heterocycles. The van der Waals surface area contributed by atoms with Crippen LogP contribution in [0.25, 0.3) is 22.4 Å². The van der Waals surface area contributed by atoms with Gasteiger partial charge in [0, 0.05) is 11.8 Å². The topological polar surface area (TPSA) is 67.9 Å². The van der Waals surface area contributed by atoms with Crippen molar-refractivity contribution in [1.82, 2.24) is 15.0 Å². The van der Waals surface area contributed by atoms with Crippen LogP contribution < -0.4 is 0 Å². The van der Waals surface area contributed by atoms with Crippen LogP contribution in [-0.4, -0.2) is 27.5 Å². The van der Waals surface area contributed by atoms with Crippen molar-refractivity contribution < 1.29 is 22.7 Å². The van der Waals surface area contributed by atoms with E-state index in [9.17, 15) is 18.0 Å². The van der Waals surface area contributed by atoms with E-state index >= 15 is 0 Å². The third kappa shape index (κ3) is 2.82. The largest absolute Gasteiger partial charge is 0.462 e. The van der Waals surface area contributed by atoms with Gasteiger partial charge in [-0.2, -0.15) is 13.2 Å². The van der Waals surface area contributed by atoms with Crippen molar-refractivity contribution in [2.75, 3.05) is 6.61 Å². The van der Waals surface area contributed by atoms with Gasteiger partial charge in [0.1, 0.15) is 16.9 Å². The zero-order valence-electron chi connectivity index (χ0n) is 12.5. The van der Waals surface area contributed by atoms with Crippen molar-refractivity contribution in [2.45, 2.75) is 13.1 Å². The van der Waals surface area contributed by atoms with Crippen LogP contribution in [0.3, 0.4) is 0 Å². The highest BCUT2D eigenvalue weighted by Gasteiger charge is 2.34. The van der Waals surface area contributed by atoms with Crippen molar-refractivity contribution in [1.29, 1.82) is 0 Å². The maximum Gasteiger partial charge on any atom is 0.417 e. The predicted octanol–water partition coefficient (Wildman–Crippen LogP) is 3.82. The van der Waals surface area contributed by atoms with Crippen LogP contribution in [0.2, 0.25) is 0 Å². The second-order valence-corrected chi connectivity index (χ2v) is 4.93. The van der Waals surface area contributed by atoms with Crippen molar-refractivity contribution in [3.8, 4) is 11.4 Å². The van der Waals surface area contributed by atoms with Gasteiger partial charge in [-0.25, -0.2) is 9.78 Å². The lowest BCUT2D eigenvalue weighted by Gasteiger charge is -2.10. The van der Waals surface area contributed by atoms with Gasteiger partial charge in [0.15, 0.2) is 0 Å². The highest BCUT2D eigenvalue weighted by molar-refractivity contribution is 6.02. The Morgan fingerprint density at radius 1 is 1.25 bits per heavy atom. The molecule has 3 rings (SSSR count). The van der Waals surface area contributed by atoms with Crippen LogP contribution in [0.5, 0.6) is 0 Å². The summed E-state index contributed by atoms with van der Waals surface area (Å²) < 4.78 is 44.4. The monoisotopic (exact) mass is 335 g/mol. The molecule has 0 aliphatic carbocycles. The molecule has 0 amide bonds. The van der Waals surface area contributed by atoms with Gasteiger partial charge in [0.25, 0.3) is 0 Å². The Balaban J connectivity index is 2.17. The van der Waals surface area contributed by atoms with Gasteiger partial charge < -0.3 is 9.72 Å². The normalized spacial score (nSPS) is 11.7. The fourth-order valence-corrected chi connectivity index (χ4v) is 2.36. The number of benzene rings is 1. The van der Waals surface area contributed by atoms with Crippen molar-refractivity contribution in [3.05, 3.63) is 47.8 Å². The first-order valence-electron chi connectivity index (χ1n) is 7.09. The predicted molar refractivity (Wildman–Crippen MR) is 80.3 cm³/mol. The summed E-state index contributed by atoms with van der Waals surface area (Å²) in [7, 11) is 0. The molecular weight excluding hydrogens is 323 g/mol. The Morgan fingerprint density at radius 2 is 2.00 bits per heavy atom. The second-order valence-electron chi connectivity index (χ2n) is 4.93. The first kappa shape index (κ1) is 16.0. The maximum atomic E-state index is 13.2. The number of hydrogen-bond donors (Lipinski definition) is 1. The summed E-state index contributed by atoms with van der Waals surface area (Å²) in [5.74, 6) is -0.616. The SMILES string of the molecule is CCOC(=O)c1cncc2[nH]c(-c3ccccc3C(F)(F)F)nc12. The molecule has 8 heteroatoms. The molecule has 0 atom stereocenters. The molecule has 3 aromatic rings. The van der Waals surface area contributed by atoms with Gasteiger partial charge >= 0.3 is 12.1 Å². The molecule has 1 aromatic carbocycles. The van der Waals surface area contributed by atoms with Crippen LogP contribution in [0.1, 0.15) is 22.8 Å². The van der Waals surface area contributed by atoms with E-state index in [0.29, 0.717) is 5.52 Å². The summed E-state index contributed by atoms with van der Waals surface area (Å²) in [6.07, 6.45) is -1.84. The number of H-pyrrole nitrogens is 1. The molecule has 0 spiro atoms. The van der Waals surface area contributed by atoms with Crippen LogP contribution in [0.15, 0.2) is 36.7 Å².